The molecular formula is C21H26BrNO5S2. The summed E-state index contributed by atoms with van der Waals surface area (Å²) in [5.41, 5.74) is 0.835. The highest BCUT2D eigenvalue weighted by molar-refractivity contribution is 9.10. The zero-order valence-corrected chi connectivity index (χ0v) is 20.4. The number of rotatable bonds is 11. The molecule has 0 amide bonds. The zero-order valence-electron chi connectivity index (χ0n) is 17.2. The Labute approximate surface area is 190 Å². The standard InChI is InChI=1S/C21H26BrNO5S2/c1-4-11-23(30(26,27)19-8-5-17(22)6-9-19)13-16(3)29-18-7-10-20(15(2)12-18)28-14-21(24)25/h5-10,12,16H,4,11,13-14H2,1-3H3,(H,24,25). The Morgan fingerprint density at radius 3 is 2.47 bits per heavy atom. The van der Waals surface area contributed by atoms with Crippen molar-refractivity contribution in [2.45, 2.75) is 42.2 Å². The van der Waals surface area contributed by atoms with Crippen LogP contribution in [0, 0.1) is 6.92 Å². The number of carboxylic acid groups (broad SMARTS) is 1. The number of aryl methyl sites for hydroxylation is 1. The highest BCUT2D eigenvalue weighted by Gasteiger charge is 2.25. The van der Waals surface area contributed by atoms with Crippen LogP contribution in [0.4, 0.5) is 0 Å². The predicted molar refractivity (Wildman–Crippen MR) is 123 cm³/mol. The van der Waals surface area contributed by atoms with E-state index < -0.39 is 16.0 Å². The van der Waals surface area contributed by atoms with Crippen LogP contribution in [-0.4, -0.2) is 48.7 Å². The zero-order chi connectivity index (χ0) is 22.3. The van der Waals surface area contributed by atoms with Crippen molar-refractivity contribution in [3.8, 4) is 5.75 Å². The summed E-state index contributed by atoms with van der Waals surface area (Å²) in [6.45, 7) is 6.25. The quantitative estimate of drug-likeness (QED) is 0.432. The van der Waals surface area contributed by atoms with Gasteiger partial charge in [0, 0.05) is 27.7 Å². The maximum atomic E-state index is 13.1. The monoisotopic (exact) mass is 515 g/mol. The molecule has 0 bridgehead atoms. The Hall–Kier alpha value is -1.55. The Bertz CT molecular complexity index is 964. The average Bonchev–Trinajstić information content (AvgIpc) is 2.67. The third-order valence-corrected chi connectivity index (χ3v) is 7.71. The van der Waals surface area contributed by atoms with Gasteiger partial charge in [0.2, 0.25) is 10.0 Å². The highest BCUT2D eigenvalue weighted by Crippen LogP contribution is 2.30. The van der Waals surface area contributed by atoms with Crippen molar-refractivity contribution in [3.63, 3.8) is 0 Å². The van der Waals surface area contributed by atoms with Gasteiger partial charge in [-0.15, -0.1) is 11.8 Å². The van der Waals surface area contributed by atoms with E-state index in [1.165, 1.54) is 4.31 Å². The number of carbonyl (C=O) groups is 1. The fourth-order valence-corrected chi connectivity index (χ4v) is 5.96. The lowest BCUT2D eigenvalue weighted by molar-refractivity contribution is -0.139. The van der Waals surface area contributed by atoms with E-state index in [1.54, 1.807) is 42.1 Å². The van der Waals surface area contributed by atoms with Gasteiger partial charge in [-0.05, 0) is 61.4 Å². The molecule has 0 heterocycles. The smallest absolute Gasteiger partial charge is 0.341 e. The van der Waals surface area contributed by atoms with Crippen LogP contribution in [-0.2, 0) is 14.8 Å². The molecular weight excluding hydrogens is 490 g/mol. The number of hydrogen-bond donors (Lipinski definition) is 1. The number of thioether (sulfide) groups is 1. The van der Waals surface area contributed by atoms with Crippen molar-refractivity contribution in [2.75, 3.05) is 19.7 Å². The number of aliphatic carboxylic acids is 1. The molecule has 1 atom stereocenters. The Morgan fingerprint density at radius 2 is 1.90 bits per heavy atom. The Morgan fingerprint density at radius 1 is 1.23 bits per heavy atom. The topological polar surface area (TPSA) is 83.9 Å². The van der Waals surface area contributed by atoms with Gasteiger partial charge in [0.05, 0.1) is 4.90 Å². The van der Waals surface area contributed by atoms with Crippen molar-refractivity contribution in [2.24, 2.45) is 0 Å². The van der Waals surface area contributed by atoms with Gasteiger partial charge < -0.3 is 9.84 Å². The summed E-state index contributed by atoms with van der Waals surface area (Å²) in [7, 11) is -3.57. The van der Waals surface area contributed by atoms with Crippen molar-refractivity contribution in [1.82, 2.24) is 4.31 Å². The first kappa shape index (κ1) is 24.7. The maximum absolute atomic E-state index is 13.1. The van der Waals surface area contributed by atoms with Crippen LogP contribution in [0.5, 0.6) is 5.75 Å². The lowest BCUT2D eigenvalue weighted by Gasteiger charge is -2.25. The minimum Gasteiger partial charge on any atom is -0.482 e. The molecule has 0 aromatic heterocycles. The molecule has 1 N–H and O–H groups in total. The van der Waals surface area contributed by atoms with Gasteiger partial charge in [-0.3, -0.25) is 0 Å². The number of sulfonamides is 1. The van der Waals surface area contributed by atoms with Crippen molar-refractivity contribution >= 4 is 43.7 Å². The number of ether oxygens (including phenoxy) is 1. The summed E-state index contributed by atoms with van der Waals surface area (Å²) < 4.78 is 33.8. The van der Waals surface area contributed by atoms with Gasteiger partial charge in [0.25, 0.3) is 0 Å². The average molecular weight is 516 g/mol. The van der Waals surface area contributed by atoms with Gasteiger partial charge in [-0.25, -0.2) is 13.2 Å². The summed E-state index contributed by atoms with van der Waals surface area (Å²) in [5.74, 6) is -0.496. The molecule has 0 aliphatic heterocycles. The minimum atomic E-state index is -3.57. The maximum Gasteiger partial charge on any atom is 0.341 e. The summed E-state index contributed by atoms with van der Waals surface area (Å²) in [6.07, 6.45) is 0.724. The molecule has 0 fully saturated rings. The summed E-state index contributed by atoms with van der Waals surface area (Å²) in [5, 5.41) is 8.76. The van der Waals surface area contributed by atoms with Gasteiger partial charge in [-0.1, -0.05) is 29.8 Å². The summed E-state index contributed by atoms with van der Waals surface area (Å²) in [6, 6.07) is 12.2. The van der Waals surface area contributed by atoms with Crippen LogP contribution < -0.4 is 4.74 Å². The molecule has 0 aliphatic carbocycles. The molecule has 1 unspecified atom stereocenters. The second-order valence-corrected chi connectivity index (χ2v) is 11.2. The molecule has 0 spiro atoms. The fraction of sp³-hybridized carbons (Fsp3) is 0.381. The highest BCUT2D eigenvalue weighted by atomic mass is 79.9. The van der Waals surface area contributed by atoms with E-state index in [0.717, 1.165) is 21.4 Å². The third kappa shape index (κ3) is 7.01. The van der Waals surface area contributed by atoms with Crippen LogP contribution in [0.15, 0.2) is 56.7 Å². The number of halogens is 1. The lowest BCUT2D eigenvalue weighted by atomic mass is 10.2. The molecule has 6 nitrogen and oxygen atoms in total. The van der Waals surface area contributed by atoms with Gasteiger partial charge in [0.15, 0.2) is 6.61 Å². The van der Waals surface area contributed by atoms with E-state index in [-0.39, 0.29) is 16.8 Å². The van der Waals surface area contributed by atoms with Crippen LogP contribution in [0.1, 0.15) is 25.8 Å². The van der Waals surface area contributed by atoms with E-state index >= 15 is 0 Å². The first-order valence-electron chi connectivity index (χ1n) is 9.51. The van der Waals surface area contributed by atoms with E-state index in [1.807, 2.05) is 32.9 Å². The van der Waals surface area contributed by atoms with Crippen LogP contribution >= 0.6 is 27.7 Å². The predicted octanol–water partition coefficient (Wildman–Crippen LogP) is 4.80. The van der Waals surface area contributed by atoms with Crippen LogP contribution in [0.25, 0.3) is 0 Å². The molecule has 2 aromatic rings. The van der Waals surface area contributed by atoms with E-state index in [0.29, 0.717) is 18.8 Å². The largest absolute Gasteiger partial charge is 0.482 e. The van der Waals surface area contributed by atoms with E-state index in [2.05, 4.69) is 15.9 Å². The molecule has 30 heavy (non-hydrogen) atoms. The Balaban J connectivity index is 2.09. The molecule has 0 aliphatic rings. The normalized spacial score (nSPS) is 12.7. The second-order valence-electron chi connectivity index (χ2n) is 6.86. The SMILES string of the molecule is CCCN(CC(C)Sc1ccc(OCC(=O)O)c(C)c1)S(=O)(=O)c1ccc(Br)cc1. The van der Waals surface area contributed by atoms with Crippen LogP contribution in [0.2, 0.25) is 0 Å². The number of hydrogen-bond acceptors (Lipinski definition) is 5. The van der Waals surface area contributed by atoms with Gasteiger partial charge >= 0.3 is 5.97 Å². The minimum absolute atomic E-state index is 0.0203. The first-order chi connectivity index (χ1) is 14.1. The molecule has 0 radical (unpaired) electrons. The lowest BCUT2D eigenvalue weighted by Crippen LogP contribution is -2.36. The first-order valence-corrected chi connectivity index (χ1v) is 12.6. The van der Waals surface area contributed by atoms with Gasteiger partial charge in [-0.2, -0.15) is 4.31 Å². The second kappa shape index (κ2) is 11.2. The van der Waals surface area contributed by atoms with E-state index in [9.17, 15) is 13.2 Å². The van der Waals surface area contributed by atoms with Gasteiger partial charge in [0.1, 0.15) is 5.75 Å². The van der Waals surface area contributed by atoms with Crippen molar-refractivity contribution in [1.29, 1.82) is 0 Å². The number of benzene rings is 2. The van der Waals surface area contributed by atoms with Crippen LogP contribution in [0.3, 0.4) is 0 Å². The van der Waals surface area contributed by atoms with Crippen molar-refractivity contribution < 1.29 is 23.1 Å². The molecule has 9 heteroatoms. The number of carboxylic acids is 1. The Kier molecular flexibility index (Phi) is 9.21. The summed E-state index contributed by atoms with van der Waals surface area (Å²) >= 11 is 4.91. The summed E-state index contributed by atoms with van der Waals surface area (Å²) in [4.78, 5) is 11.9. The third-order valence-electron chi connectivity index (χ3n) is 4.22. The molecule has 2 aromatic carbocycles. The number of nitrogens with zero attached hydrogens (tertiary/aromatic N) is 1. The molecule has 2 rings (SSSR count). The van der Waals surface area contributed by atoms with Crippen molar-refractivity contribution in [3.05, 3.63) is 52.5 Å². The fourth-order valence-electron chi connectivity index (χ4n) is 2.87. The molecule has 164 valence electrons. The van der Waals surface area contributed by atoms with E-state index in [4.69, 9.17) is 9.84 Å². The molecule has 0 saturated heterocycles. The molecule has 0 saturated carbocycles.